The summed E-state index contributed by atoms with van der Waals surface area (Å²) in [4.78, 5) is 12.0. The lowest BCUT2D eigenvalue weighted by Crippen LogP contribution is -2.03. The summed E-state index contributed by atoms with van der Waals surface area (Å²) in [5.41, 5.74) is 4.60. The molecular formula is C20H16O2. The Kier molecular flexibility index (Phi) is 2.97. The lowest BCUT2D eigenvalue weighted by atomic mass is 9.91. The van der Waals surface area contributed by atoms with Crippen molar-refractivity contribution < 1.29 is 9.53 Å². The zero-order valence-corrected chi connectivity index (χ0v) is 12.4. The summed E-state index contributed by atoms with van der Waals surface area (Å²) in [6.07, 6.45) is 0.987. The van der Waals surface area contributed by atoms with E-state index in [2.05, 4.69) is 36.4 Å². The molecule has 1 aliphatic rings. The van der Waals surface area contributed by atoms with E-state index in [9.17, 15) is 4.79 Å². The van der Waals surface area contributed by atoms with Gasteiger partial charge in [-0.15, -0.1) is 0 Å². The monoisotopic (exact) mass is 288 g/mol. The van der Waals surface area contributed by atoms with E-state index in [1.165, 1.54) is 29.2 Å². The van der Waals surface area contributed by atoms with E-state index in [0.29, 0.717) is 11.5 Å². The van der Waals surface area contributed by atoms with Crippen molar-refractivity contribution in [2.75, 3.05) is 7.11 Å². The first-order chi connectivity index (χ1) is 10.8. The Hall–Kier alpha value is -2.61. The van der Waals surface area contributed by atoms with Crippen molar-refractivity contribution >= 4 is 16.7 Å². The molecule has 0 aliphatic heterocycles. The largest absolute Gasteiger partial charge is 0.465 e. The predicted octanol–water partition coefficient (Wildman–Crippen LogP) is 4.31. The number of hydrogen-bond donors (Lipinski definition) is 0. The van der Waals surface area contributed by atoms with Gasteiger partial charge in [0.05, 0.1) is 12.7 Å². The summed E-state index contributed by atoms with van der Waals surface area (Å²) in [6.45, 7) is 0. The molecule has 0 aromatic heterocycles. The first-order valence-electron chi connectivity index (χ1n) is 7.47. The van der Waals surface area contributed by atoms with E-state index >= 15 is 0 Å². The van der Waals surface area contributed by atoms with Crippen LogP contribution in [0, 0.1) is 0 Å². The Balaban J connectivity index is 1.95. The maximum absolute atomic E-state index is 12.0. The molecule has 0 spiro atoms. The Morgan fingerprint density at radius 3 is 2.59 bits per heavy atom. The van der Waals surface area contributed by atoms with Crippen LogP contribution in [0.1, 0.15) is 33.0 Å². The lowest BCUT2D eigenvalue weighted by molar-refractivity contribution is 0.0603. The highest BCUT2D eigenvalue weighted by atomic mass is 16.5. The third-order valence-corrected chi connectivity index (χ3v) is 4.57. The van der Waals surface area contributed by atoms with Gasteiger partial charge in [0.25, 0.3) is 0 Å². The van der Waals surface area contributed by atoms with Crippen molar-refractivity contribution in [3.63, 3.8) is 0 Å². The number of carbonyl (C=O) groups excluding carboxylic acids is 1. The van der Waals surface area contributed by atoms with Crippen molar-refractivity contribution in [1.29, 1.82) is 0 Å². The average Bonchev–Trinajstić information content (AvgIpc) is 2.96. The molecule has 0 fully saturated rings. The maximum Gasteiger partial charge on any atom is 0.338 e. The minimum atomic E-state index is -0.271. The quantitative estimate of drug-likeness (QED) is 0.657. The lowest BCUT2D eigenvalue weighted by Gasteiger charge is -2.13. The second-order valence-corrected chi connectivity index (χ2v) is 5.70. The van der Waals surface area contributed by atoms with Crippen LogP contribution in [0.5, 0.6) is 0 Å². The SMILES string of the molecule is COC(=O)c1ccc2c3c(cccc13)CC2c1ccccc1. The number of methoxy groups -OCH3 is 1. The van der Waals surface area contributed by atoms with Crippen molar-refractivity contribution in [1.82, 2.24) is 0 Å². The number of esters is 1. The molecule has 1 atom stereocenters. The average molecular weight is 288 g/mol. The fraction of sp³-hybridized carbons (Fsp3) is 0.150. The maximum atomic E-state index is 12.0. The molecule has 0 radical (unpaired) electrons. The van der Waals surface area contributed by atoms with E-state index in [-0.39, 0.29) is 5.97 Å². The van der Waals surface area contributed by atoms with Gasteiger partial charge < -0.3 is 4.74 Å². The number of hydrogen-bond acceptors (Lipinski definition) is 2. The first kappa shape index (κ1) is 13.1. The van der Waals surface area contributed by atoms with Gasteiger partial charge in [-0.2, -0.15) is 0 Å². The minimum Gasteiger partial charge on any atom is -0.465 e. The Bertz CT molecular complexity index is 866. The molecule has 3 aromatic rings. The highest BCUT2D eigenvalue weighted by molar-refractivity contribution is 6.07. The van der Waals surface area contributed by atoms with Crippen LogP contribution >= 0.6 is 0 Å². The van der Waals surface area contributed by atoms with Crippen LogP contribution in [0.4, 0.5) is 0 Å². The van der Waals surface area contributed by atoms with Gasteiger partial charge in [-0.1, -0.05) is 54.6 Å². The zero-order chi connectivity index (χ0) is 15.1. The number of carbonyl (C=O) groups is 1. The van der Waals surface area contributed by atoms with Crippen LogP contribution in [0.3, 0.4) is 0 Å². The molecule has 3 aromatic carbocycles. The van der Waals surface area contributed by atoms with E-state index in [1.54, 1.807) is 0 Å². The topological polar surface area (TPSA) is 26.3 Å². The van der Waals surface area contributed by atoms with Crippen molar-refractivity contribution in [3.05, 3.63) is 82.9 Å². The molecule has 0 bridgehead atoms. The molecule has 1 unspecified atom stereocenters. The Labute approximate surface area is 129 Å². The highest BCUT2D eigenvalue weighted by Gasteiger charge is 2.27. The van der Waals surface area contributed by atoms with Crippen molar-refractivity contribution in [3.8, 4) is 0 Å². The summed E-state index contributed by atoms with van der Waals surface area (Å²) in [6, 6.07) is 20.8. The molecule has 0 heterocycles. The normalized spacial score (nSPS) is 16.0. The second kappa shape index (κ2) is 4.99. The van der Waals surface area contributed by atoms with E-state index < -0.39 is 0 Å². The van der Waals surface area contributed by atoms with Gasteiger partial charge in [0.1, 0.15) is 0 Å². The summed E-state index contributed by atoms with van der Waals surface area (Å²) in [7, 11) is 1.43. The number of ether oxygens (including phenoxy) is 1. The van der Waals surface area contributed by atoms with Crippen LogP contribution in [0.25, 0.3) is 10.8 Å². The predicted molar refractivity (Wildman–Crippen MR) is 87.3 cm³/mol. The standard InChI is InChI=1S/C20H16O2/c1-22-20(21)17-11-10-16-18(13-6-3-2-4-7-13)12-14-8-5-9-15(17)19(14)16/h2-11,18H,12H2,1H3. The molecule has 1 aliphatic carbocycles. The molecule has 0 N–H and O–H groups in total. The minimum absolute atomic E-state index is 0.271. The summed E-state index contributed by atoms with van der Waals surface area (Å²) in [5.74, 6) is 0.0969. The van der Waals surface area contributed by atoms with Crippen LogP contribution in [0.15, 0.2) is 60.7 Å². The zero-order valence-electron chi connectivity index (χ0n) is 12.4. The second-order valence-electron chi connectivity index (χ2n) is 5.70. The van der Waals surface area contributed by atoms with Gasteiger partial charge in [0.2, 0.25) is 0 Å². The fourth-order valence-corrected chi connectivity index (χ4v) is 3.57. The molecule has 4 rings (SSSR count). The van der Waals surface area contributed by atoms with Crippen LogP contribution in [-0.4, -0.2) is 13.1 Å². The van der Waals surface area contributed by atoms with Crippen LogP contribution in [0.2, 0.25) is 0 Å². The first-order valence-corrected chi connectivity index (χ1v) is 7.47. The third kappa shape index (κ3) is 1.84. The van der Waals surface area contributed by atoms with Crippen molar-refractivity contribution in [2.24, 2.45) is 0 Å². The van der Waals surface area contributed by atoms with Gasteiger partial charge in [-0.25, -0.2) is 4.79 Å². The highest BCUT2D eigenvalue weighted by Crippen LogP contribution is 2.42. The van der Waals surface area contributed by atoms with E-state index in [4.69, 9.17) is 4.74 Å². The van der Waals surface area contributed by atoms with Gasteiger partial charge in [0, 0.05) is 5.92 Å². The van der Waals surface area contributed by atoms with Crippen LogP contribution in [-0.2, 0) is 11.2 Å². The van der Waals surface area contributed by atoms with Gasteiger partial charge in [-0.3, -0.25) is 0 Å². The molecule has 22 heavy (non-hydrogen) atoms. The molecule has 108 valence electrons. The Morgan fingerprint density at radius 1 is 1.00 bits per heavy atom. The molecule has 0 amide bonds. The number of rotatable bonds is 2. The van der Waals surface area contributed by atoms with E-state index in [0.717, 1.165) is 11.8 Å². The fourth-order valence-electron chi connectivity index (χ4n) is 3.57. The van der Waals surface area contributed by atoms with Gasteiger partial charge in [0.15, 0.2) is 0 Å². The van der Waals surface area contributed by atoms with E-state index in [1.807, 2.05) is 24.3 Å². The smallest absolute Gasteiger partial charge is 0.338 e. The van der Waals surface area contributed by atoms with Crippen LogP contribution < -0.4 is 0 Å². The summed E-state index contributed by atoms with van der Waals surface area (Å²) in [5, 5.41) is 2.22. The molecule has 2 heteroatoms. The molecular weight excluding hydrogens is 272 g/mol. The van der Waals surface area contributed by atoms with Crippen molar-refractivity contribution in [2.45, 2.75) is 12.3 Å². The van der Waals surface area contributed by atoms with Gasteiger partial charge in [-0.05, 0) is 39.9 Å². The number of benzene rings is 3. The molecule has 0 saturated heterocycles. The third-order valence-electron chi connectivity index (χ3n) is 4.57. The van der Waals surface area contributed by atoms with Gasteiger partial charge >= 0.3 is 5.97 Å². The summed E-state index contributed by atoms with van der Waals surface area (Å²) >= 11 is 0. The molecule has 0 saturated carbocycles. The Morgan fingerprint density at radius 2 is 1.82 bits per heavy atom. The molecule has 2 nitrogen and oxygen atoms in total. The summed E-state index contributed by atoms with van der Waals surface area (Å²) < 4.78 is 4.92.